The van der Waals surface area contributed by atoms with Gasteiger partial charge in [0, 0.05) is 18.7 Å². The molecule has 0 aliphatic carbocycles. The molecule has 0 radical (unpaired) electrons. The number of benzene rings is 2. The molecule has 1 aromatic heterocycles. The third-order valence-corrected chi connectivity index (χ3v) is 3.94. The van der Waals surface area contributed by atoms with E-state index < -0.39 is 0 Å². The number of aromatic nitrogens is 1. The number of hydrogen-bond acceptors (Lipinski definition) is 5. The van der Waals surface area contributed by atoms with Crippen LogP contribution in [0.25, 0.3) is 10.2 Å². The second-order valence-corrected chi connectivity index (χ2v) is 5.80. The zero-order chi connectivity index (χ0) is 16.2. The molecule has 118 valence electrons. The second kappa shape index (κ2) is 6.72. The highest BCUT2D eigenvalue weighted by Gasteiger charge is 2.07. The lowest BCUT2D eigenvalue weighted by Crippen LogP contribution is -2.15. The van der Waals surface area contributed by atoms with Crippen molar-refractivity contribution in [2.45, 2.75) is 6.42 Å². The summed E-state index contributed by atoms with van der Waals surface area (Å²) in [5.74, 6) is 0.154. The lowest BCUT2D eigenvalue weighted by molar-refractivity contribution is -0.116. The zero-order valence-corrected chi connectivity index (χ0v) is 12.9. The van der Waals surface area contributed by atoms with Crippen LogP contribution < -0.4 is 15.8 Å². The number of nitrogens with two attached hydrogens (primary N) is 1. The minimum Gasteiger partial charge on any atom is -0.431 e. The van der Waals surface area contributed by atoms with Gasteiger partial charge in [-0.3, -0.25) is 4.79 Å². The van der Waals surface area contributed by atoms with Crippen molar-refractivity contribution in [3.05, 3.63) is 48.3 Å². The van der Waals surface area contributed by atoms with Crippen LogP contribution in [0.3, 0.4) is 0 Å². The lowest BCUT2D eigenvalue weighted by Gasteiger charge is -2.05. The van der Waals surface area contributed by atoms with Crippen LogP contribution in [0.2, 0.25) is 0 Å². The maximum Gasteiger partial charge on any atom is 0.279 e. The first kappa shape index (κ1) is 15.4. The van der Waals surface area contributed by atoms with Gasteiger partial charge in [-0.25, -0.2) is 9.37 Å². The molecule has 0 fully saturated rings. The molecule has 3 aromatic rings. The molecular weight excluding hydrogens is 317 g/mol. The van der Waals surface area contributed by atoms with E-state index in [-0.39, 0.29) is 18.1 Å². The maximum atomic E-state index is 13.2. The fourth-order valence-electron chi connectivity index (χ4n) is 1.98. The number of ether oxygens (including phenoxy) is 1. The topological polar surface area (TPSA) is 77.2 Å². The number of rotatable bonds is 5. The summed E-state index contributed by atoms with van der Waals surface area (Å²) >= 11 is 1.27. The summed E-state index contributed by atoms with van der Waals surface area (Å²) in [5, 5.41) is 3.17. The molecule has 7 heteroatoms. The minimum atomic E-state index is -0.301. The van der Waals surface area contributed by atoms with Crippen molar-refractivity contribution >= 4 is 33.1 Å². The summed E-state index contributed by atoms with van der Waals surface area (Å²) in [5.41, 5.74) is 6.68. The number of hydrogen-bond donors (Lipinski definition) is 2. The quantitative estimate of drug-likeness (QED) is 0.750. The molecule has 0 spiro atoms. The lowest BCUT2D eigenvalue weighted by atomic mass is 10.3. The molecule has 23 heavy (non-hydrogen) atoms. The Morgan fingerprint density at radius 2 is 2.04 bits per heavy atom. The average Bonchev–Trinajstić information content (AvgIpc) is 2.91. The highest BCUT2D eigenvalue weighted by Crippen LogP contribution is 2.32. The molecule has 0 saturated carbocycles. The minimum absolute atomic E-state index is 0.130. The zero-order valence-electron chi connectivity index (χ0n) is 12.1. The van der Waals surface area contributed by atoms with Gasteiger partial charge in [0.2, 0.25) is 5.91 Å². The standard InChI is InChI=1S/C16H14FN3O2S/c17-10-1-6-13-14(9-10)23-16(20-13)22-12-4-2-11(3-5-12)19-15(21)7-8-18/h1-6,9H,7-8,18H2,(H,19,21). The van der Waals surface area contributed by atoms with Gasteiger partial charge in [-0.15, -0.1) is 0 Å². The van der Waals surface area contributed by atoms with Crippen molar-refractivity contribution in [3.8, 4) is 10.9 Å². The highest BCUT2D eigenvalue weighted by molar-refractivity contribution is 7.20. The molecule has 2 aromatic carbocycles. The van der Waals surface area contributed by atoms with E-state index in [9.17, 15) is 9.18 Å². The summed E-state index contributed by atoms with van der Waals surface area (Å²) in [4.78, 5) is 15.7. The molecule has 0 unspecified atom stereocenters. The molecule has 0 aliphatic rings. The number of anilines is 1. The van der Waals surface area contributed by atoms with Gasteiger partial charge in [0.15, 0.2) is 0 Å². The fraction of sp³-hybridized carbons (Fsp3) is 0.125. The molecular formula is C16H14FN3O2S. The SMILES string of the molecule is NCCC(=O)Nc1ccc(Oc2nc3ccc(F)cc3s2)cc1. The Morgan fingerprint density at radius 1 is 1.26 bits per heavy atom. The average molecular weight is 331 g/mol. The third kappa shape index (κ3) is 3.82. The Labute approximate surface area is 135 Å². The largest absolute Gasteiger partial charge is 0.431 e. The summed E-state index contributed by atoms with van der Waals surface area (Å²) in [7, 11) is 0. The number of amides is 1. The van der Waals surface area contributed by atoms with Crippen LogP contribution in [0.1, 0.15) is 6.42 Å². The Morgan fingerprint density at radius 3 is 2.78 bits per heavy atom. The van der Waals surface area contributed by atoms with Gasteiger partial charge in [0.1, 0.15) is 11.6 Å². The molecule has 1 amide bonds. The van der Waals surface area contributed by atoms with E-state index in [1.807, 2.05) is 0 Å². The van der Waals surface area contributed by atoms with E-state index in [2.05, 4.69) is 10.3 Å². The third-order valence-electron chi connectivity index (χ3n) is 3.05. The number of nitrogens with zero attached hydrogens (tertiary/aromatic N) is 1. The molecule has 5 nitrogen and oxygen atoms in total. The number of fused-ring (bicyclic) bond motifs is 1. The van der Waals surface area contributed by atoms with Gasteiger partial charge in [-0.05, 0) is 42.5 Å². The van der Waals surface area contributed by atoms with Crippen LogP contribution in [0.15, 0.2) is 42.5 Å². The van der Waals surface area contributed by atoms with E-state index in [4.69, 9.17) is 10.5 Å². The van der Waals surface area contributed by atoms with Crippen molar-refractivity contribution in [2.75, 3.05) is 11.9 Å². The number of carbonyl (C=O) groups is 1. The van der Waals surface area contributed by atoms with Crippen LogP contribution in [-0.4, -0.2) is 17.4 Å². The summed E-state index contributed by atoms with van der Waals surface area (Å²) in [6.45, 7) is 0.311. The van der Waals surface area contributed by atoms with E-state index in [1.54, 1.807) is 30.3 Å². The smallest absolute Gasteiger partial charge is 0.279 e. The van der Waals surface area contributed by atoms with Crippen LogP contribution in [0, 0.1) is 5.82 Å². The van der Waals surface area contributed by atoms with Gasteiger partial charge in [-0.2, -0.15) is 0 Å². The van der Waals surface area contributed by atoms with Crippen molar-refractivity contribution in [1.82, 2.24) is 4.98 Å². The Hall–Kier alpha value is -2.51. The van der Waals surface area contributed by atoms with Crippen molar-refractivity contribution < 1.29 is 13.9 Å². The maximum absolute atomic E-state index is 13.2. The number of thiazole rings is 1. The predicted octanol–water partition coefficient (Wildman–Crippen LogP) is 3.52. The van der Waals surface area contributed by atoms with Crippen LogP contribution in [-0.2, 0) is 4.79 Å². The molecule has 3 N–H and O–H groups in total. The fourth-order valence-corrected chi connectivity index (χ4v) is 2.84. The van der Waals surface area contributed by atoms with E-state index in [1.165, 1.54) is 23.5 Å². The second-order valence-electron chi connectivity index (χ2n) is 4.81. The number of halogens is 1. The molecule has 3 rings (SSSR count). The van der Waals surface area contributed by atoms with Crippen LogP contribution >= 0.6 is 11.3 Å². The Balaban J connectivity index is 1.70. The number of nitrogens with one attached hydrogen (secondary N) is 1. The first-order valence-electron chi connectivity index (χ1n) is 6.98. The highest BCUT2D eigenvalue weighted by atomic mass is 32.1. The molecule has 0 bridgehead atoms. The van der Waals surface area contributed by atoms with Gasteiger partial charge in [0.05, 0.1) is 10.2 Å². The van der Waals surface area contributed by atoms with Gasteiger partial charge in [0.25, 0.3) is 5.19 Å². The molecule has 1 heterocycles. The summed E-state index contributed by atoms with van der Waals surface area (Å²) < 4.78 is 19.6. The Bertz CT molecular complexity index is 833. The normalized spacial score (nSPS) is 10.7. The first-order valence-corrected chi connectivity index (χ1v) is 7.79. The predicted molar refractivity (Wildman–Crippen MR) is 88.4 cm³/mol. The van der Waals surface area contributed by atoms with Crippen molar-refractivity contribution in [3.63, 3.8) is 0 Å². The van der Waals surface area contributed by atoms with E-state index in [0.29, 0.717) is 28.7 Å². The van der Waals surface area contributed by atoms with Crippen molar-refractivity contribution in [2.24, 2.45) is 5.73 Å². The molecule has 0 atom stereocenters. The van der Waals surface area contributed by atoms with E-state index in [0.717, 1.165) is 4.70 Å². The summed E-state index contributed by atoms with van der Waals surface area (Å²) in [6.07, 6.45) is 0.278. The van der Waals surface area contributed by atoms with E-state index >= 15 is 0 Å². The number of carbonyl (C=O) groups excluding carboxylic acids is 1. The van der Waals surface area contributed by atoms with Crippen LogP contribution in [0.5, 0.6) is 10.9 Å². The van der Waals surface area contributed by atoms with Gasteiger partial charge >= 0.3 is 0 Å². The monoisotopic (exact) mass is 331 g/mol. The van der Waals surface area contributed by atoms with Crippen molar-refractivity contribution in [1.29, 1.82) is 0 Å². The summed E-state index contributed by atoms with van der Waals surface area (Å²) in [6, 6.07) is 11.3. The van der Waals surface area contributed by atoms with Crippen LogP contribution in [0.4, 0.5) is 10.1 Å². The molecule has 0 aliphatic heterocycles. The van der Waals surface area contributed by atoms with Gasteiger partial charge in [-0.1, -0.05) is 11.3 Å². The first-order chi connectivity index (χ1) is 11.1. The Kier molecular flexibility index (Phi) is 4.50. The van der Waals surface area contributed by atoms with Gasteiger partial charge < -0.3 is 15.8 Å². The molecule has 0 saturated heterocycles.